The minimum absolute atomic E-state index is 0.288. The van der Waals surface area contributed by atoms with Crippen LogP contribution in [0.2, 0.25) is 0 Å². The van der Waals surface area contributed by atoms with Crippen molar-refractivity contribution in [3.63, 3.8) is 0 Å². The second-order valence-electron chi connectivity index (χ2n) is 6.34. The molecule has 2 heterocycles. The minimum Gasteiger partial charge on any atom is -0.385 e. The van der Waals surface area contributed by atoms with E-state index >= 15 is 0 Å². The summed E-state index contributed by atoms with van der Waals surface area (Å²) in [5, 5.41) is 13.8. The monoisotopic (exact) mass is 380 g/mol. The molecule has 146 valence electrons. The lowest BCUT2D eigenvalue weighted by atomic mass is 10.1. The quantitative estimate of drug-likeness (QED) is 0.585. The zero-order chi connectivity index (χ0) is 19.8. The second-order valence-corrected chi connectivity index (χ2v) is 6.34. The molecule has 1 atom stereocenters. The molecule has 0 saturated carbocycles. The van der Waals surface area contributed by atoms with Gasteiger partial charge in [-0.05, 0) is 37.6 Å². The number of anilines is 1. The third kappa shape index (κ3) is 5.14. The van der Waals surface area contributed by atoms with Crippen LogP contribution >= 0.6 is 0 Å². The van der Waals surface area contributed by atoms with Crippen molar-refractivity contribution in [1.82, 2.24) is 25.1 Å². The Morgan fingerprint density at radius 2 is 2.14 bits per heavy atom. The molecule has 2 N–H and O–H groups in total. The van der Waals surface area contributed by atoms with Crippen molar-refractivity contribution in [2.24, 2.45) is 0 Å². The number of pyridine rings is 1. The molecular weight excluding hydrogens is 356 g/mol. The van der Waals surface area contributed by atoms with E-state index in [4.69, 9.17) is 4.74 Å². The van der Waals surface area contributed by atoms with Crippen LogP contribution in [0.4, 0.5) is 10.5 Å². The molecule has 0 fully saturated rings. The van der Waals surface area contributed by atoms with Crippen molar-refractivity contribution >= 4 is 11.7 Å². The Bertz CT molecular complexity index is 896. The molecule has 0 aliphatic heterocycles. The van der Waals surface area contributed by atoms with Crippen molar-refractivity contribution in [1.29, 1.82) is 0 Å². The number of aryl methyl sites for hydroxylation is 1. The van der Waals surface area contributed by atoms with Crippen LogP contribution in [0.3, 0.4) is 0 Å². The lowest BCUT2D eigenvalue weighted by Crippen LogP contribution is -2.32. The van der Waals surface area contributed by atoms with Gasteiger partial charge in [0.1, 0.15) is 6.33 Å². The number of hydrogen-bond donors (Lipinski definition) is 2. The average Bonchev–Trinajstić information content (AvgIpc) is 3.18. The number of benzene rings is 1. The van der Waals surface area contributed by atoms with E-state index in [0.29, 0.717) is 18.1 Å². The molecule has 3 rings (SSSR count). The molecular formula is C20H24N6O2. The van der Waals surface area contributed by atoms with E-state index in [2.05, 4.69) is 25.8 Å². The molecule has 0 spiro atoms. The number of ether oxygens (including phenoxy) is 1. The molecule has 2 aromatic heterocycles. The second kappa shape index (κ2) is 9.61. The van der Waals surface area contributed by atoms with Gasteiger partial charge < -0.3 is 19.9 Å². The maximum atomic E-state index is 12.4. The van der Waals surface area contributed by atoms with Crippen molar-refractivity contribution < 1.29 is 9.53 Å². The van der Waals surface area contributed by atoms with Gasteiger partial charge in [0, 0.05) is 37.7 Å². The third-order valence-corrected chi connectivity index (χ3v) is 4.21. The molecule has 8 nitrogen and oxygen atoms in total. The summed E-state index contributed by atoms with van der Waals surface area (Å²) in [7, 11) is 1.67. The summed E-state index contributed by atoms with van der Waals surface area (Å²) in [5.74, 6) is 0.702. The van der Waals surface area contributed by atoms with E-state index < -0.39 is 0 Å². The molecule has 1 unspecified atom stereocenters. The third-order valence-electron chi connectivity index (χ3n) is 4.21. The Hall–Kier alpha value is -3.26. The molecule has 0 radical (unpaired) electrons. The maximum Gasteiger partial charge on any atom is 0.319 e. The molecule has 2 amide bonds. The van der Waals surface area contributed by atoms with Gasteiger partial charge in [0.05, 0.1) is 11.7 Å². The van der Waals surface area contributed by atoms with Crippen LogP contribution in [-0.2, 0) is 11.3 Å². The highest BCUT2D eigenvalue weighted by molar-refractivity contribution is 5.90. The summed E-state index contributed by atoms with van der Waals surface area (Å²) in [6, 6.07) is 12.7. The van der Waals surface area contributed by atoms with E-state index in [0.717, 1.165) is 24.2 Å². The van der Waals surface area contributed by atoms with Gasteiger partial charge in [-0.15, -0.1) is 10.2 Å². The van der Waals surface area contributed by atoms with Crippen LogP contribution in [0.1, 0.15) is 25.2 Å². The fourth-order valence-electron chi connectivity index (χ4n) is 2.87. The largest absolute Gasteiger partial charge is 0.385 e. The van der Waals surface area contributed by atoms with Gasteiger partial charge in [-0.25, -0.2) is 4.79 Å². The Morgan fingerprint density at radius 3 is 2.93 bits per heavy atom. The summed E-state index contributed by atoms with van der Waals surface area (Å²) in [4.78, 5) is 16.8. The molecule has 1 aromatic carbocycles. The van der Waals surface area contributed by atoms with Gasteiger partial charge in [-0.2, -0.15) is 0 Å². The van der Waals surface area contributed by atoms with E-state index in [-0.39, 0.29) is 12.1 Å². The number of methoxy groups -OCH3 is 1. The molecule has 0 aliphatic carbocycles. The maximum absolute atomic E-state index is 12.4. The van der Waals surface area contributed by atoms with Crippen molar-refractivity contribution in [2.45, 2.75) is 25.9 Å². The van der Waals surface area contributed by atoms with E-state index in [1.165, 1.54) is 0 Å². The number of urea groups is 1. The number of rotatable bonds is 8. The van der Waals surface area contributed by atoms with Crippen molar-refractivity contribution in [2.75, 3.05) is 19.0 Å². The number of amides is 2. The Balaban J connectivity index is 1.61. The van der Waals surface area contributed by atoms with Crippen molar-refractivity contribution in [3.05, 3.63) is 60.8 Å². The van der Waals surface area contributed by atoms with Gasteiger partial charge in [-0.3, -0.25) is 4.98 Å². The molecule has 0 saturated heterocycles. The van der Waals surface area contributed by atoms with E-state index in [1.54, 1.807) is 19.6 Å². The molecule has 8 heteroatoms. The zero-order valence-electron chi connectivity index (χ0n) is 16.0. The first-order chi connectivity index (χ1) is 13.7. The molecule has 0 aliphatic rings. The summed E-state index contributed by atoms with van der Waals surface area (Å²) in [6.45, 7) is 3.27. The smallest absolute Gasteiger partial charge is 0.319 e. The fourth-order valence-corrected chi connectivity index (χ4v) is 2.87. The van der Waals surface area contributed by atoms with Gasteiger partial charge in [0.2, 0.25) is 0 Å². The van der Waals surface area contributed by atoms with Crippen LogP contribution in [0.5, 0.6) is 0 Å². The van der Waals surface area contributed by atoms with E-state index in [9.17, 15) is 4.79 Å². The van der Waals surface area contributed by atoms with Crippen LogP contribution in [0.15, 0.2) is 55.0 Å². The van der Waals surface area contributed by atoms with Crippen LogP contribution in [0.25, 0.3) is 11.3 Å². The van der Waals surface area contributed by atoms with Crippen LogP contribution < -0.4 is 10.6 Å². The Kier molecular flexibility index (Phi) is 6.69. The SMILES string of the molecule is COCCCn1cnnc1C(C)NC(=O)Nc1cccc(-c2ccccn2)c1. The summed E-state index contributed by atoms with van der Waals surface area (Å²) in [6.07, 6.45) is 4.25. The first-order valence-electron chi connectivity index (χ1n) is 9.13. The average molecular weight is 380 g/mol. The highest BCUT2D eigenvalue weighted by atomic mass is 16.5. The number of carbonyl (C=O) groups is 1. The van der Waals surface area contributed by atoms with Crippen LogP contribution in [-0.4, -0.2) is 39.5 Å². The number of aromatic nitrogens is 4. The summed E-state index contributed by atoms with van der Waals surface area (Å²) >= 11 is 0. The molecule has 3 aromatic rings. The van der Waals surface area contributed by atoms with Gasteiger partial charge in [-0.1, -0.05) is 18.2 Å². The van der Waals surface area contributed by atoms with Crippen LogP contribution in [0, 0.1) is 0 Å². The van der Waals surface area contributed by atoms with Gasteiger partial charge in [0.25, 0.3) is 0 Å². The van der Waals surface area contributed by atoms with E-state index in [1.807, 2.05) is 54.0 Å². The molecule has 0 bridgehead atoms. The lowest BCUT2D eigenvalue weighted by molar-refractivity contribution is 0.189. The van der Waals surface area contributed by atoms with Gasteiger partial charge >= 0.3 is 6.03 Å². The lowest BCUT2D eigenvalue weighted by Gasteiger charge is -2.15. The first kappa shape index (κ1) is 19.5. The predicted molar refractivity (Wildman–Crippen MR) is 107 cm³/mol. The number of nitrogens with zero attached hydrogens (tertiary/aromatic N) is 4. The number of carbonyl (C=O) groups excluding carboxylic acids is 1. The molecule has 28 heavy (non-hydrogen) atoms. The highest BCUT2D eigenvalue weighted by Gasteiger charge is 2.16. The normalized spacial score (nSPS) is 11.8. The van der Waals surface area contributed by atoms with Crippen molar-refractivity contribution in [3.8, 4) is 11.3 Å². The standard InChI is InChI=1S/C20H24N6O2/c1-15(19-25-22-14-26(19)11-6-12-28-2)23-20(27)24-17-8-5-7-16(13-17)18-9-3-4-10-21-18/h3-5,7-10,13-15H,6,11-12H2,1-2H3,(H2,23,24,27). The number of hydrogen-bond acceptors (Lipinski definition) is 5. The Labute approximate surface area is 164 Å². The summed E-state index contributed by atoms with van der Waals surface area (Å²) < 4.78 is 7.00. The first-order valence-corrected chi connectivity index (χ1v) is 9.13. The topological polar surface area (TPSA) is 94.0 Å². The minimum atomic E-state index is -0.308. The zero-order valence-corrected chi connectivity index (χ0v) is 16.0. The highest BCUT2D eigenvalue weighted by Crippen LogP contribution is 2.20. The number of nitrogens with one attached hydrogen (secondary N) is 2. The fraction of sp³-hybridized carbons (Fsp3) is 0.300. The Morgan fingerprint density at radius 1 is 1.25 bits per heavy atom. The summed E-state index contributed by atoms with van der Waals surface area (Å²) in [5.41, 5.74) is 2.47. The predicted octanol–water partition coefficient (Wildman–Crippen LogP) is 3.26. The van der Waals surface area contributed by atoms with Gasteiger partial charge in [0.15, 0.2) is 5.82 Å².